The van der Waals surface area contributed by atoms with E-state index in [0.717, 1.165) is 0 Å². The molecule has 5 heteroatoms. The van der Waals surface area contributed by atoms with Crippen LogP contribution in [0.5, 0.6) is 5.75 Å². The maximum absolute atomic E-state index is 10.5. The number of carboxylic acids is 1. The molecule has 0 aliphatic carbocycles. The second-order valence-corrected chi connectivity index (χ2v) is 3.26. The summed E-state index contributed by atoms with van der Waals surface area (Å²) in [6.45, 7) is 1.41. The molecule has 0 saturated carbocycles. The van der Waals surface area contributed by atoms with Gasteiger partial charge in [0.2, 0.25) is 0 Å². The Balaban J connectivity index is 2.85. The molecule has 1 aromatic rings. The molecular formula is C10H8ClNO3. The highest BCUT2D eigenvalue weighted by atomic mass is 35.5. The van der Waals surface area contributed by atoms with Gasteiger partial charge in [0.15, 0.2) is 6.10 Å². The highest BCUT2D eigenvalue weighted by Crippen LogP contribution is 2.22. The van der Waals surface area contributed by atoms with E-state index in [1.54, 1.807) is 0 Å². The van der Waals surface area contributed by atoms with Crippen molar-refractivity contribution in [3.63, 3.8) is 0 Å². The molecule has 1 aromatic carbocycles. The first kappa shape index (κ1) is 11.3. The van der Waals surface area contributed by atoms with Crippen LogP contribution in [0.2, 0.25) is 5.02 Å². The molecule has 0 radical (unpaired) electrons. The zero-order valence-electron chi connectivity index (χ0n) is 7.90. The zero-order valence-corrected chi connectivity index (χ0v) is 8.65. The van der Waals surface area contributed by atoms with Gasteiger partial charge in [0.25, 0.3) is 0 Å². The minimum Gasteiger partial charge on any atom is -0.479 e. The summed E-state index contributed by atoms with van der Waals surface area (Å²) < 4.78 is 5.06. The molecule has 0 fully saturated rings. The summed E-state index contributed by atoms with van der Waals surface area (Å²) in [6, 6.07) is 6.29. The Morgan fingerprint density at radius 1 is 1.67 bits per heavy atom. The number of ether oxygens (including phenoxy) is 1. The second kappa shape index (κ2) is 4.67. The summed E-state index contributed by atoms with van der Waals surface area (Å²) >= 11 is 5.74. The average molecular weight is 226 g/mol. The summed E-state index contributed by atoms with van der Waals surface area (Å²) in [7, 11) is 0. The first-order chi connectivity index (χ1) is 7.04. The van der Waals surface area contributed by atoms with E-state index in [9.17, 15) is 4.79 Å². The SMILES string of the molecule is C[C@@H](Oc1ccc(C#N)c(Cl)c1)C(=O)O. The van der Waals surface area contributed by atoms with Gasteiger partial charge in [0, 0.05) is 6.07 Å². The van der Waals surface area contributed by atoms with Gasteiger partial charge in [-0.3, -0.25) is 0 Å². The normalized spacial score (nSPS) is 11.5. The number of benzene rings is 1. The van der Waals surface area contributed by atoms with Gasteiger partial charge in [0.05, 0.1) is 10.6 Å². The third-order valence-electron chi connectivity index (χ3n) is 1.72. The number of carboxylic acid groups (broad SMARTS) is 1. The quantitative estimate of drug-likeness (QED) is 0.855. The van der Waals surface area contributed by atoms with Gasteiger partial charge in [-0.2, -0.15) is 5.26 Å². The third-order valence-corrected chi connectivity index (χ3v) is 2.03. The van der Waals surface area contributed by atoms with Crippen LogP contribution in [0.15, 0.2) is 18.2 Å². The van der Waals surface area contributed by atoms with Gasteiger partial charge < -0.3 is 9.84 Å². The van der Waals surface area contributed by atoms with Crippen molar-refractivity contribution < 1.29 is 14.6 Å². The van der Waals surface area contributed by atoms with E-state index in [0.29, 0.717) is 11.3 Å². The van der Waals surface area contributed by atoms with Crippen LogP contribution in [0.1, 0.15) is 12.5 Å². The fourth-order valence-electron chi connectivity index (χ4n) is 0.914. The van der Waals surface area contributed by atoms with E-state index < -0.39 is 12.1 Å². The average Bonchev–Trinajstić information content (AvgIpc) is 2.18. The van der Waals surface area contributed by atoms with E-state index in [2.05, 4.69) is 0 Å². The fourth-order valence-corrected chi connectivity index (χ4v) is 1.13. The summed E-state index contributed by atoms with van der Waals surface area (Å²) in [5.74, 6) is -0.732. The number of rotatable bonds is 3. The Bertz CT molecular complexity index is 425. The van der Waals surface area contributed by atoms with Crippen LogP contribution in [-0.2, 0) is 4.79 Å². The number of nitrogens with zero attached hydrogens (tertiary/aromatic N) is 1. The Hall–Kier alpha value is -1.73. The van der Waals surface area contributed by atoms with E-state index in [4.69, 9.17) is 26.7 Å². The Labute approximate surface area is 91.7 Å². The van der Waals surface area contributed by atoms with Gasteiger partial charge >= 0.3 is 5.97 Å². The van der Waals surface area contributed by atoms with Crippen LogP contribution in [-0.4, -0.2) is 17.2 Å². The van der Waals surface area contributed by atoms with Crippen molar-refractivity contribution in [1.29, 1.82) is 5.26 Å². The lowest BCUT2D eigenvalue weighted by Gasteiger charge is -2.10. The summed E-state index contributed by atoms with van der Waals surface area (Å²) in [4.78, 5) is 10.5. The van der Waals surface area contributed by atoms with Crippen molar-refractivity contribution in [2.75, 3.05) is 0 Å². The number of nitriles is 1. The molecule has 0 saturated heterocycles. The molecule has 15 heavy (non-hydrogen) atoms. The maximum Gasteiger partial charge on any atom is 0.344 e. The van der Waals surface area contributed by atoms with Crippen molar-refractivity contribution in [3.05, 3.63) is 28.8 Å². The lowest BCUT2D eigenvalue weighted by molar-refractivity contribution is -0.144. The standard InChI is InChI=1S/C10H8ClNO3/c1-6(10(13)14)15-8-3-2-7(5-12)9(11)4-8/h2-4,6H,1H3,(H,13,14)/t6-/m1/s1. The summed E-state index contributed by atoms with van der Waals surface area (Å²) in [5.41, 5.74) is 0.326. The molecule has 0 unspecified atom stereocenters. The molecule has 78 valence electrons. The molecule has 0 aliphatic heterocycles. The number of hydrogen-bond acceptors (Lipinski definition) is 3. The molecule has 4 nitrogen and oxygen atoms in total. The molecule has 0 aromatic heterocycles. The lowest BCUT2D eigenvalue weighted by atomic mass is 10.2. The maximum atomic E-state index is 10.5. The van der Waals surface area contributed by atoms with Crippen LogP contribution in [0.25, 0.3) is 0 Å². The van der Waals surface area contributed by atoms with Crippen LogP contribution in [0, 0.1) is 11.3 Å². The van der Waals surface area contributed by atoms with Crippen LogP contribution in [0.3, 0.4) is 0 Å². The van der Waals surface area contributed by atoms with Crippen molar-refractivity contribution in [3.8, 4) is 11.8 Å². The predicted molar refractivity (Wildman–Crippen MR) is 53.9 cm³/mol. The predicted octanol–water partition coefficient (Wildman–Crippen LogP) is 2.06. The van der Waals surface area contributed by atoms with Crippen molar-refractivity contribution in [1.82, 2.24) is 0 Å². The Kier molecular flexibility index (Phi) is 3.53. The molecule has 0 amide bonds. The molecule has 0 heterocycles. The van der Waals surface area contributed by atoms with Gasteiger partial charge in [-0.15, -0.1) is 0 Å². The molecular weight excluding hydrogens is 218 g/mol. The fraction of sp³-hybridized carbons (Fsp3) is 0.200. The first-order valence-corrected chi connectivity index (χ1v) is 4.51. The number of hydrogen-bond donors (Lipinski definition) is 1. The van der Waals surface area contributed by atoms with Crippen LogP contribution < -0.4 is 4.74 Å². The number of aliphatic carboxylic acids is 1. The van der Waals surface area contributed by atoms with Crippen LogP contribution in [0.4, 0.5) is 0 Å². The summed E-state index contributed by atoms with van der Waals surface area (Å²) in [5, 5.41) is 17.5. The van der Waals surface area contributed by atoms with E-state index >= 15 is 0 Å². The van der Waals surface area contributed by atoms with Crippen molar-refractivity contribution in [2.45, 2.75) is 13.0 Å². The van der Waals surface area contributed by atoms with Crippen molar-refractivity contribution >= 4 is 17.6 Å². The molecule has 1 rings (SSSR count). The minimum absolute atomic E-state index is 0.243. The van der Waals surface area contributed by atoms with Gasteiger partial charge in [-0.25, -0.2) is 4.79 Å². The summed E-state index contributed by atoms with van der Waals surface area (Å²) in [6.07, 6.45) is -0.950. The van der Waals surface area contributed by atoms with Gasteiger partial charge in [0.1, 0.15) is 11.8 Å². The zero-order chi connectivity index (χ0) is 11.4. The van der Waals surface area contributed by atoms with E-state index in [1.807, 2.05) is 6.07 Å². The van der Waals surface area contributed by atoms with Gasteiger partial charge in [-0.05, 0) is 19.1 Å². The molecule has 0 aliphatic rings. The van der Waals surface area contributed by atoms with E-state index in [1.165, 1.54) is 25.1 Å². The highest BCUT2D eigenvalue weighted by molar-refractivity contribution is 6.31. The largest absolute Gasteiger partial charge is 0.479 e. The van der Waals surface area contributed by atoms with E-state index in [-0.39, 0.29) is 5.02 Å². The number of halogens is 1. The Morgan fingerprint density at radius 2 is 2.33 bits per heavy atom. The topological polar surface area (TPSA) is 70.3 Å². The van der Waals surface area contributed by atoms with Crippen LogP contribution >= 0.6 is 11.6 Å². The smallest absolute Gasteiger partial charge is 0.344 e. The van der Waals surface area contributed by atoms with Crippen molar-refractivity contribution in [2.24, 2.45) is 0 Å². The molecule has 1 N–H and O–H groups in total. The Morgan fingerprint density at radius 3 is 2.80 bits per heavy atom. The molecule has 0 spiro atoms. The second-order valence-electron chi connectivity index (χ2n) is 2.85. The number of carbonyl (C=O) groups is 1. The molecule has 0 bridgehead atoms. The first-order valence-electron chi connectivity index (χ1n) is 4.13. The minimum atomic E-state index is -1.06. The lowest BCUT2D eigenvalue weighted by Crippen LogP contribution is -2.22. The highest BCUT2D eigenvalue weighted by Gasteiger charge is 2.12. The monoisotopic (exact) mass is 225 g/mol. The van der Waals surface area contributed by atoms with Gasteiger partial charge in [-0.1, -0.05) is 11.6 Å². The third kappa shape index (κ3) is 2.86. The molecule has 1 atom stereocenters.